The molecule has 2 N–H and O–H groups in total. The summed E-state index contributed by atoms with van der Waals surface area (Å²) in [6, 6.07) is 0.281. The van der Waals surface area contributed by atoms with Gasteiger partial charge in [0.2, 0.25) is 0 Å². The van der Waals surface area contributed by atoms with Crippen LogP contribution < -0.4 is 5.73 Å². The molecule has 3 nitrogen and oxygen atoms in total. The van der Waals surface area contributed by atoms with E-state index in [4.69, 9.17) is 15.2 Å². The van der Waals surface area contributed by atoms with Crippen LogP contribution in [0.25, 0.3) is 0 Å². The van der Waals surface area contributed by atoms with Crippen molar-refractivity contribution in [3.05, 3.63) is 0 Å². The Balaban J connectivity index is 2.80. The van der Waals surface area contributed by atoms with Gasteiger partial charge in [0.15, 0.2) is 0 Å². The second kappa shape index (κ2) is 5.03. The molecule has 0 aliphatic heterocycles. The summed E-state index contributed by atoms with van der Waals surface area (Å²) in [4.78, 5) is 0. The van der Waals surface area contributed by atoms with Crippen molar-refractivity contribution in [3.8, 4) is 0 Å². The minimum absolute atomic E-state index is 0.131. The highest BCUT2D eigenvalue weighted by atomic mass is 16.5. The van der Waals surface area contributed by atoms with Gasteiger partial charge in [-0.15, -0.1) is 0 Å². The topological polar surface area (TPSA) is 44.5 Å². The second-order valence-corrected chi connectivity index (χ2v) is 6.34. The zero-order valence-electron chi connectivity index (χ0n) is 11.4. The van der Waals surface area contributed by atoms with Gasteiger partial charge in [0.1, 0.15) is 0 Å². The minimum Gasteiger partial charge on any atom is -0.382 e. The third-order valence-electron chi connectivity index (χ3n) is 3.81. The summed E-state index contributed by atoms with van der Waals surface area (Å²) in [6.07, 6.45) is 3.42. The number of methoxy groups -OCH3 is 2. The summed E-state index contributed by atoms with van der Waals surface area (Å²) in [5.74, 6) is 0. The quantitative estimate of drug-likeness (QED) is 0.803. The van der Waals surface area contributed by atoms with Crippen LogP contribution in [-0.4, -0.2) is 33.0 Å². The lowest BCUT2D eigenvalue weighted by atomic mass is 9.60. The molecule has 0 bridgehead atoms. The molecule has 0 aromatic heterocycles. The maximum Gasteiger partial charge on any atom is 0.0858 e. The Morgan fingerprint density at radius 1 is 1.25 bits per heavy atom. The Morgan fingerprint density at radius 2 is 1.88 bits per heavy atom. The Labute approximate surface area is 99.7 Å². The van der Waals surface area contributed by atoms with Gasteiger partial charge < -0.3 is 15.2 Å². The standard InChI is InChI=1S/C13H27NO2/c1-12(2)6-10(14)7-13(3,9-12)11(16-5)8-15-4/h10-11H,6-9,14H2,1-5H3. The predicted molar refractivity (Wildman–Crippen MR) is 66.4 cm³/mol. The van der Waals surface area contributed by atoms with Gasteiger partial charge in [0, 0.05) is 20.3 Å². The first-order chi connectivity index (χ1) is 7.33. The van der Waals surface area contributed by atoms with Gasteiger partial charge in [-0.2, -0.15) is 0 Å². The molecule has 1 saturated carbocycles. The van der Waals surface area contributed by atoms with E-state index in [9.17, 15) is 0 Å². The summed E-state index contributed by atoms with van der Waals surface area (Å²) >= 11 is 0. The lowest BCUT2D eigenvalue weighted by Gasteiger charge is -2.48. The number of hydrogen-bond acceptors (Lipinski definition) is 3. The molecule has 16 heavy (non-hydrogen) atoms. The molecule has 0 heterocycles. The number of rotatable bonds is 4. The Morgan fingerprint density at radius 3 is 2.31 bits per heavy atom. The van der Waals surface area contributed by atoms with E-state index in [1.54, 1.807) is 14.2 Å². The Kier molecular flexibility index (Phi) is 4.38. The first-order valence-corrected chi connectivity index (χ1v) is 6.10. The molecule has 1 rings (SSSR count). The Bertz CT molecular complexity index is 230. The van der Waals surface area contributed by atoms with Crippen molar-refractivity contribution in [2.45, 2.75) is 52.2 Å². The van der Waals surface area contributed by atoms with Crippen LogP contribution in [-0.2, 0) is 9.47 Å². The third-order valence-corrected chi connectivity index (χ3v) is 3.81. The Hall–Kier alpha value is -0.120. The summed E-state index contributed by atoms with van der Waals surface area (Å²) in [5, 5.41) is 0. The summed E-state index contributed by atoms with van der Waals surface area (Å²) in [7, 11) is 3.49. The molecule has 0 aromatic rings. The highest BCUT2D eigenvalue weighted by Gasteiger charge is 2.44. The summed E-state index contributed by atoms with van der Waals surface area (Å²) in [5.41, 5.74) is 6.61. The van der Waals surface area contributed by atoms with Crippen LogP contribution in [0.5, 0.6) is 0 Å². The van der Waals surface area contributed by atoms with E-state index in [2.05, 4.69) is 20.8 Å². The van der Waals surface area contributed by atoms with Crippen molar-refractivity contribution in [2.75, 3.05) is 20.8 Å². The number of ether oxygens (including phenoxy) is 2. The molecule has 0 radical (unpaired) electrons. The van der Waals surface area contributed by atoms with Gasteiger partial charge in [0.25, 0.3) is 0 Å². The van der Waals surface area contributed by atoms with Gasteiger partial charge >= 0.3 is 0 Å². The molecule has 0 spiro atoms. The molecular weight excluding hydrogens is 202 g/mol. The van der Waals surface area contributed by atoms with Crippen molar-refractivity contribution in [1.82, 2.24) is 0 Å². The monoisotopic (exact) mass is 229 g/mol. The molecule has 1 aliphatic carbocycles. The molecular formula is C13H27NO2. The fourth-order valence-electron chi connectivity index (χ4n) is 3.57. The molecule has 1 aliphatic rings. The number of hydrogen-bond donors (Lipinski definition) is 1. The van der Waals surface area contributed by atoms with Crippen LogP contribution in [0.15, 0.2) is 0 Å². The molecule has 3 atom stereocenters. The van der Waals surface area contributed by atoms with Crippen LogP contribution >= 0.6 is 0 Å². The van der Waals surface area contributed by atoms with Gasteiger partial charge in [-0.05, 0) is 30.1 Å². The number of nitrogens with two attached hydrogens (primary N) is 1. The molecule has 0 aromatic carbocycles. The van der Waals surface area contributed by atoms with Crippen LogP contribution in [0.2, 0.25) is 0 Å². The predicted octanol–water partition coefficient (Wildman–Crippen LogP) is 2.19. The molecule has 3 unspecified atom stereocenters. The highest BCUT2D eigenvalue weighted by molar-refractivity contribution is 4.97. The zero-order chi connectivity index (χ0) is 12.4. The van der Waals surface area contributed by atoms with E-state index in [1.807, 2.05) is 0 Å². The van der Waals surface area contributed by atoms with E-state index >= 15 is 0 Å². The van der Waals surface area contributed by atoms with E-state index in [0.717, 1.165) is 19.3 Å². The van der Waals surface area contributed by atoms with Crippen molar-refractivity contribution >= 4 is 0 Å². The van der Waals surface area contributed by atoms with E-state index in [-0.39, 0.29) is 17.6 Å². The largest absolute Gasteiger partial charge is 0.382 e. The van der Waals surface area contributed by atoms with Crippen LogP contribution in [0, 0.1) is 10.8 Å². The van der Waals surface area contributed by atoms with E-state index in [1.165, 1.54) is 0 Å². The minimum atomic E-state index is 0.131. The average Bonchev–Trinajstić information content (AvgIpc) is 2.09. The lowest BCUT2D eigenvalue weighted by molar-refractivity contribution is -0.0871. The first-order valence-electron chi connectivity index (χ1n) is 6.10. The molecule has 1 fully saturated rings. The fourth-order valence-corrected chi connectivity index (χ4v) is 3.57. The average molecular weight is 229 g/mol. The van der Waals surface area contributed by atoms with Crippen LogP contribution in [0.3, 0.4) is 0 Å². The maximum absolute atomic E-state index is 6.18. The first kappa shape index (κ1) is 13.9. The van der Waals surface area contributed by atoms with Crippen LogP contribution in [0.4, 0.5) is 0 Å². The van der Waals surface area contributed by atoms with E-state index in [0.29, 0.717) is 12.0 Å². The summed E-state index contributed by atoms with van der Waals surface area (Å²) < 4.78 is 10.8. The van der Waals surface area contributed by atoms with Crippen molar-refractivity contribution in [1.29, 1.82) is 0 Å². The second-order valence-electron chi connectivity index (χ2n) is 6.34. The molecule has 0 saturated heterocycles. The van der Waals surface area contributed by atoms with Crippen molar-refractivity contribution < 1.29 is 9.47 Å². The zero-order valence-corrected chi connectivity index (χ0v) is 11.4. The van der Waals surface area contributed by atoms with E-state index < -0.39 is 0 Å². The lowest BCUT2D eigenvalue weighted by Crippen LogP contribution is -2.49. The molecule has 0 amide bonds. The van der Waals surface area contributed by atoms with Gasteiger partial charge in [0.05, 0.1) is 12.7 Å². The third kappa shape index (κ3) is 3.19. The molecule has 96 valence electrons. The van der Waals surface area contributed by atoms with Gasteiger partial charge in [-0.25, -0.2) is 0 Å². The molecule has 3 heteroatoms. The van der Waals surface area contributed by atoms with Gasteiger partial charge in [-0.1, -0.05) is 20.8 Å². The fraction of sp³-hybridized carbons (Fsp3) is 1.00. The summed E-state index contributed by atoms with van der Waals surface area (Å²) in [6.45, 7) is 7.52. The van der Waals surface area contributed by atoms with Crippen molar-refractivity contribution in [2.24, 2.45) is 16.6 Å². The van der Waals surface area contributed by atoms with Crippen molar-refractivity contribution in [3.63, 3.8) is 0 Å². The highest BCUT2D eigenvalue weighted by Crippen LogP contribution is 2.48. The smallest absolute Gasteiger partial charge is 0.0858 e. The van der Waals surface area contributed by atoms with Gasteiger partial charge in [-0.3, -0.25) is 0 Å². The maximum atomic E-state index is 6.18. The SMILES string of the molecule is COCC(OC)C1(C)CC(N)CC(C)(C)C1. The van der Waals surface area contributed by atoms with Crippen LogP contribution in [0.1, 0.15) is 40.0 Å². The normalized spacial score (nSPS) is 36.0.